The Labute approximate surface area is 97.0 Å². The van der Waals surface area contributed by atoms with E-state index in [4.69, 9.17) is 23.2 Å². The van der Waals surface area contributed by atoms with Gasteiger partial charge in [-0.25, -0.2) is 13.4 Å². The van der Waals surface area contributed by atoms with E-state index in [1.54, 1.807) is 24.3 Å². The molecule has 0 amide bonds. The van der Waals surface area contributed by atoms with E-state index < -0.39 is 14.3 Å². The first-order valence-corrected chi connectivity index (χ1v) is 6.21. The average molecular weight is 262 g/mol. The number of rotatable bonds is 1. The normalized spacial score (nSPS) is 18.5. The zero-order chi connectivity index (χ0) is 11.1. The van der Waals surface area contributed by atoms with Crippen molar-refractivity contribution >= 4 is 42.4 Å². The molecule has 1 aromatic carbocycles. The van der Waals surface area contributed by atoms with Gasteiger partial charge in [0.05, 0.1) is 0 Å². The fourth-order valence-electron chi connectivity index (χ4n) is 1.21. The quantitative estimate of drug-likeness (QED) is 0.781. The lowest BCUT2D eigenvalue weighted by Crippen LogP contribution is -2.06. The second-order valence-corrected chi connectivity index (χ2v) is 5.68. The number of halogens is 2. The van der Waals surface area contributed by atoms with E-state index in [1.807, 2.05) is 0 Å². The summed E-state index contributed by atoms with van der Waals surface area (Å²) >= 11 is 11.3. The van der Waals surface area contributed by atoms with E-state index >= 15 is 0 Å². The SMILES string of the molecule is O=S1(=O)C(c2ccccc2Cl)=CN=C1Cl. The van der Waals surface area contributed by atoms with Crippen LogP contribution in [0.5, 0.6) is 0 Å². The first kappa shape index (κ1) is 10.7. The van der Waals surface area contributed by atoms with Gasteiger partial charge in [0.15, 0.2) is 0 Å². The summed E-state index contributed by atoms with van der Waals surface area (Å²) in [5, 5.41) is 0.355. The summed E-state index contributed by atoms with van der Waals surface area (Å²) in [5.41, 5.74) is 0.415. The predicted octanol–water partition coefficient (Wildman–Crippen LogP) is 2.66. The number of hydrogen-bond acceptors (Lipinski definition) is 3. The van der Waals surface area contributed by atoms with Crippen LogP contribution in [0.2, 0.25) is 5.02 Å². The van der Waals surface area contributed by atoms with Crippen LogP contribution in [0.15, 0.2) is 35.5 Å². The Balaban J connectivity index is 2.59. The lowest BCUT2D eigenvalue weighted by atomic mass is 10.2. The Morgan fingerprint density at radius 3 is 2.33 bits per heavy atom. The molecule has 0 aliphatic carbocycles. The molecule has 0 atom stereocenters. The number of hydrogen-bond donors (Lipinski definition) is 0. The minimum Gasteiger partial charge on any atom is -0.232 e. The van der Waals surface area contributed by atoms with Crippen molar-refractivity contribution in [3.63, 3.8) is 0 Å². The van der Waals surface area contributed by atoms with Gasteiger partial charge in [-0.2, -0.15) is 0 Å². The van der Waals surface area contributed by atoms with Crippen molar-refractivity contribution in [2.24, 2.45) is 4.99 Å². The summed E-state index contributed by atoms with van der Waals surface area (Å²) in [6.07, 6.45) is 1.21. The van der Waals surface area contributed by atoms with Crippen molar-refractivity contribution in [1.29, 1.82) is 0 Å². The highest BCUT2D eigenvalue weighted by atomic mass is 35.5. The van der Waals surface area contributed by atoms with E-state index in [0.717, 1.165) is 0 Å². The van der Waals surface area contributed by atoms with Gasteiger partial charge in [-0.15, -0.1) is 0 Å². The second kappa shape index (κ2) is 3.63. The molecule has 0 saturated carbocycles. The molecule has 2 rings (SSSR count). The molecule has 0 N–H and O–H groups in total. The molecule has 1 aliphatic rings. The van der Waals surface area contributed by atoms with Crippen LogP contribution in [0.4, 0.5) is 0 Å². The molecule has 3 nitrogen and oxygen atoms in total. The molecule has 0 radical (unpaired) electrons. The summed E-state index contributed by atoms with van der Waals surface area (Å²) < 4.78 is 22.9. The van der Waals surface area contributed by atoms with Crippen LogP contribution >= 0.6 is 23.2 Å². The van der Waals surface area contributed by atoms with Crippen molar-refractivity contribution in [1.82, 2.24) is 0 Å². The molecule has 6 heteroatoms. The Hall–Kier alpha value is -0.840. The smallest absolute Gasteiger partial charge is 0.232 e. The first-order valence-electron chi connectivity index (χ1n) is 3.97. The van der Waals surface area contributed by atoms with Crippen LogP contribution in [0.3, 0.4) is 0 Å². The largest absolute Gasteiger partial charge is 0.237 e. The summed E-state index contributed by atoms with van der Waals surface area (Å²) in [6, 6.07) is 6.64. The molecule has 0 spiro atoms. The second-order valence-electron chi connectivity index (χ2n) is 2.86. The van der Waals surface area contributed by atoms with Gasteiger partial charge in [0.1, 0.15) is 4.91 Å². The summed E-state index contributed by atoms with van der Waals surface area (Å²) in [6.45, 7) is 0. The number of nitrogens with zero attached hydrogens (tertiary/aromatic N) is 1. The first-order chi connectivity index (χ1) is 7.03. The molecular formula is C9H5Cl2NO2S. The lowest BCUT2D eigenvalue weighted by molar-refractivity contribution is 0.617. The number of aliphatic imine (C=N–C) groups is 1. The van der Waals surface area contributed by atoms with E-state index in [2.05, 4.69) is 4.99 Å². The van der Waals surface area contributed by atoms with Crippen LogP contribution in [0.25, 0.3) is 4.91 Å². The molecule has 0 fully saturated rings. The molecular weight excluding hydrogens is 257 g/mol. The molecule has 0 bridgehead atoms. The van der Waals surface area contributed by atoms with Crippen molar-refractivity contribution in [3.8, 4) is 0 Å². The minimum absolute atomic E-state index is 0.0399. The zero-order valence-electron chi connectivity index (χ0n) is 7.31. The molecule has 1 aromatic rings. The third-order valence-electron chi connectivity index (χ3n) is 1.93. The van der Waals surface area contributed by atoms with Gasteiger partial charge in [-0.1, -0.05) is 29.8 Å². The molecule has 1 heterocycles. The Bertz CT molecular complexity index is 576. The predicted molar refractivity (Wildman–Crippen MR) is 61.6 cm³/mol. The Morgan fingerprint density at radius 2 is 1.80 bits per heavy atom. The third-order valence-corrected chi connectivity index (χ3v) is 4.42. The van der Waals surface area contributed by atoms with Crippen molar-refractivity contribution < 1.29 is 8.42 Å². The van der Waals surface area contributed by atoms with Crippen LogP contribution in [-0.2, 0) is 9.84 Å². The fourth-order valence-corrected chi connectivity index (χ4v) is 2.84. The van der Waals surface area contributed by atoms with Crippen LogP contribution < -0.4 is 0 Å². The maximum Gasteiger partial charge on any atom is 0.237 e. The topological polar surface area (TPSA) is 46.5 Å². The molecule has 0 saturated heterocycles. The van der Waals surface area contributed by atoms with Gasteiger partial charge in [0.25, 0.3) is 0 Å². The van der Waals surface area contributed by atoms with E-state index in [1.165, 1.54) is 6.20 Å². The fraction of sp³-hybridized carbons (Fsp3) is 0. The van der Waals surface area contributed by atoms with Gasteiger partial charge in [0, 0.05) is 16.8 Å². The van der Waals surface area contributed by atoms with Crippen molar-refractivity contribution in [3.05, 3.63) is 41.1 Å². The lowest BCUT2D eigenvalue weighted by Gasteiger charge is -2.03. The van der Waals surface area contributed by atoms with E-state index in [0.29, 0.717) is 10.6 Å². The van der Waals surface area contributed by atoms with Gasteiger partial charge in [-0.3, -0.25) is 0 Å². The highest BCUT2D eigenvalue weighted by Crippen LogP contribution is 2.32. The van der Waals surface area contributed by atoms with Gasteiger partial charge < -0.3 is 0 Å². The number of benzene rings is 1. The maximum absolute atomic E-state index is 11.7. The molecule has 78 valence electrons. The molecule has 1 aliphatic heterocycles. The van der Waals surface area contributed by atoms with Crippen molar-refractivity contribution in [2.45, 2.75) is 0 Å². The Kier molecular flexibility index (Phi) is 2.58. The van der Waals surface area contributed by atoms with Gasteiger partial charge in [0.2, 0.25) is 14.3 Å². The van der Waals surface area contributed by atoms with Gasteiger partial charge >= 0.3 is 0 Å². The minimum atomic E-state index is -3.65. The zero-order valence-corrected chi connectivity index (χ0v) is 9.64. The molecule has 0 aromatic heterocycles. The third kappa shape index (κ3) is 1.69. The van der Waals surface area contributed by atoms with E-state index in [-0.39, 0.29) is 4.91 Å². The summed E-state index contributed by atoms with van der Waals surface area (Å²) in [5.74, 6) is 0. The monoisotopic (exact) mass is 261 g/mol. The number of sulfone groups is 1. The summed E-state index contributed by atoms with van der Waals surface area (Å²) in [7, 11) is -3.65. The van der Waals surface area contributed by atoms with Crippen LogP contribution in [-0.4, -0.2) is 12.9 Å². The maximum atomic E-state index is 11.7. The highest BCUT2D eigenvalue weighted by Gasteiger charge is 2.30. The highest BCUT2D eigenvalue weighted by molar-refractivity contribution is 8.17. The summed E-state index contributed by atoms with van der Waals surface area (Å²) in [4.78, 5) is 3.60. The van der Waals surface area contributed by atoms with E-state index in [9.17, 15) is 8.42 Å². The van der Waals surface area contributed by atoms with Gasteiger partial charge in [-0.05, 0) is 17.7 Å². The Morgan fingerprint density at radius 1 is 1.13 bits per heavy atom. The van der Waals surface area contributed by atoms with Crippen LogP contribution in [0.1, 0.15) is 5.56 Å². The van der Waals surface area contributed by atoms with Crippen LogP contribution in [0, 0.1) is 0 Å². The average Bonchev–Trinajstić information content (AvgIpc) is 2.44. The van der Waals surface area contributed by atoms with Crippen molar-refractivity contribution in [2.75, 3.05) is 0 Å². The molecule has 15 heavy (non-hydrogen) atoms. The molecule has 0 unspecified atom stereocenters. The standard InChI is InChI=1S/C9H5Cl2NO2S/c10-7-4-2-1-3-6(7)8-5-12-9(11)15(8,13)14/h1-5H.